The highest BCUT2D eigenvalue weighted by molar-refractivity contribution is 9.10. The van der Waals surface area contributed by atoms with E-state index in [2.05, 4.69) is 22.0 Å². The standard InChI is InChI=1S/C11H12BrNO/c12-8-5-4-7-2-1-3-9(11(13)14)10(7)6-8/h4-6,9H,1-3H2,(H2,13,14). The highest BCUT2D eigenvalue weighted by Crippen LogP contribution is 2.33. The van der Waals surface area contributed by atoms with Gasteiger partial charge < -0.3 is 5.73 Å². The number of rotatable bonds is 1. The van der Waals surface area contributed by atoms with Crippen molar-refractivity contribution in [2.24, 2.45) is 5.73 Å². The molecular weight excluding hydrogens is 242 g/mol. The Balaban J connectivity index is 2.46. The van der Waals surface area contributed by atoms with Crippen LogP contribution in [-0.4, -0.2) is 5.91 Å². The molecule has 1 aliphatic carbocycles. The normalized spacial score (nSPS) is 20.2. The minimum Gasteiger partial charge on any atom is -0.369 e. The summed E-state index contributed by atoms with van der Waals surface area (Å²) in [5.41, 5.74) is 7.75. The molecule has 0 aromatic heterocycles. The molecule has 2 rings (SSSR count). The van der Waals surface area contributed by atoms with Crippen LogP contribution in [0.25, 0.3) is 0 Å². The van der Waals surface area contributed by atoms with Gasteiger partial charge in [-0.3, -0.25) is 4.79 Å². The van der Waals surface area contributed by atoms with E-state index in [1.807, 2.05) is 12.1 Å². The number of fused-ring (bicyclic) bond motifs is 1. The molecule has 1 aromatic rings. The smallest absolute Gasteiger partial charge is 0.224 e. The molecule has 0 radical (unpaired) electrons. The molecule has 74 valence electrons. The molecule has 3 heteroatoms. The van der Waals surface area contributed by atoms with E-state index < -0.39 is 0 Å². The van der Waals surface area contributed by atoms with Gasteiger partial charge in [0.05, 0.1) is 5.92 Å². The van der Waals surface area contributed by atoms with E-state index in [-0.39, 0.29) is 11.8 Å². The van der Waals surface area contributed by atoms with Crippen LogP contribution in [0.15, 0.2) is 22.7 Å². The van der Waals surface area contributed by atoms with E-state index in [9.17, 15) is 4.79 Å². The van der Waals surface area contributed by atoms with Gasteiger partial charge in [-0.15, -0.1) is 0 Å². The second kappa shape index (κ2) is 3.73. The van der Waals surface area contributed by atoms with Crippen LogP contribution in [0.1, 0.15) is 29.9 Å². The van der Waals surface area contributed by atoms with Crippen LogP contribution >= 0.6 is 15.9 Å². The van der Waals surface area contributed by atoms with Crippen molar-refractivity contribution in [2.45, 2.75) is 25.2 Å². The highest BCUT2D eigenvalue weighted by atomic mass is 79.9. The zero-order valence-corrected chi connectivity index (χ0v) is 9.38. The Kier molecular flexibility index (Phi) is 2.59. The van der Waals surface area contributed by atoms with Crippen molar-refractivity contribution >= 4 is 21.8 Å². The summed E-state index contributed by atoms with van der Waals surface area (Å²) in [4.78, 5) is 11.2. The molecule has 0 heterocycles. The number of primary amides is 1. The summed E-state index contributed by atoms with van der Waals surface area (Å²) in [5, 5.41) is 0. The first-order valence-electron chi connectivity index (χ1n) is 4.76. The van der Waals surface area contributed by atoms with Gasteiger partial charge >= 0.3 is 0 Å². The molecule has 1 aliphatic rings. The Morgan fingerprint density at radius 3 is 3.00 bits per heavy atom. The number of hydrogen-bond acceptors (Lipinski definition) is 1. The van der Waals surface area contributed by atoms with Gasteiger partial charge in [0.2, 0.25) is 5.91 Å². The number of aryl methyl sites for hydroxylation is 1. The maximum atomic E-state index is 11.2. The zero-order chi connectivity index (χ0) is 10.1. The lowest BCUT2D eigenvalue weighted by Crippen LogP contribution is -2.24. The zero-order valence-electron chi connectivity index (χ0n) is 7.79. The number of benzene rings is 1. The second-order valence-corrected chi connectivity index (χ2v) is 4.61. The van der Waals surface area contributed by atoms with Crippen LogP contribution in [0.5, 0.6) is 0 Å². The van der Waals surface area contributed by atoms with Crippen molar-refractivity contribution in [1.29, 1.82) is 0 Å². The summed E-state index contributed by atoms with van der Waals surface area (Å²) in [7, 11) is 0. The molecule has 1 unspecified atom stereocenters. The molecule has 0 aliphatic heterocycles. The average Bonchev–Trinajstić information content (AvgIpc) is 2.16. The molecule has 1 atom stereocenters. The average molecular weight is 254 g/mol. The van der Waals surface area contributed by atoms with Gasteiger partial charge in [0.1, 0.15) is 0 Å². The number of hydrogen-bond donors (Lipinski definition) is 1. The number of carbonyl (C=O) groups excluding carboxylic acids is 1. The molecule has 2 nitrogen and oxygen atoms in total. The minimum atomic E-state index is -0.205. The topological polar surface area (TPSA) is 43.1 Å². The monoisotopic (exact) mass is 253 g/mol. The lowest BCUT2D eigenvalue weighted by atomic mass is 9.82. The van der Waals surface area contributed by atoms with Crippen LogP contribution in [-0.2, 0) is 11.2 Å². The summed E-state index contributed by atoms with van der Waals surface area (Å²) in [6.07, 6.45) is 3.01. The van der Waals surface area contributed by atoms with Gasteiger partial charge in [0.25, 0.3) is 0 Å². The Morgan fingerprint density at radius 1 is 1.50 bits per heavy atom. The maximum absolute atomic E-state index is 11.2. The fourth-order valence-electron chi connectivity index (χ4n) is 2.07. The van der Waals surface area contributed by atoms with Gasteiger partial charge in [-0.2, -0.15) is 0 Å². The van der Waals surface area contributed by atoms with E-state index >= 15 is 0 Å². The second-order valence-electron chi connectivity index (χ2n) is 3.69. The third kappa shape index (κ3) is 1.69. The van der Waals surface area contributed by atoms with Crippen molar-refractivity contribution < 1.29 is 4.79 Å². The quantitative estimate of drug-likeness (QED) is 0.821. The Bertz CT molecular complexity index is 376. The van der Waals surface area contributed by atoms with E-state index in [1.54, 1.807) is 0 Å². The van der Waals surface area contributed by atoms with Gasteiger partial charge in [-0.05, 0) is 42.5 Å². The van der Waals surface area contributed by atoms with Crippen LogP contribution in [0, 0.1) is 0 Å². The molecule has 0 fully saturated rings. The Morgan fingerprint density at radius 2 is 2.29 bits per heavy atom. The van der Waals surface area contributed by atoms with E-state index in [0.717, 1.165) is 29.3 Å². The summed E-state index contributed by atoms with van der Waals surface area (Å²) in [6, 6.07) is 6.11. The van der Waals surface area contributed by atoms with Crippen molar-refractivity contribution in [2.75, 3.05) is 0 Å². The van der Waals surface area contributed by atoms with E-state index in [1.165, 1.54) is 5.56 Å². The van der Waals surface area contributed by atoms with Gasteiger partial charge in [0.15, 0.2) is 0 Å². The van der Waals surface area contributed by atoms with Crippen LogP contribution in [0.3, 0.4) is 0 Å². The molecule has 0 saturated carbocycles. The first-order chi connectivity index (χ1) is 6.68. The Hall–Kier alpha value is -0.830. The lowest BCUT2D eigenvalue weighted by Gasteiger charge is -2.23. The van der Waals surface area contributed by atoms with Gasteiger partial charge in [-0.1, -0.05) is 22.0 Å². The summed E-state index contributed by atoms with van der Waals surface area (Å²) >= 11 is 3.41. The van der Waals surface area contributed by atoms with Crippen molar-refractivity contribution in [3.8, 4) is 0 Å². The number of halogens is 1. The minimum absolute atomic E-state index is 0.0868. The largest absolute Gasteiger partial charge is 0.369 e. The molecule has 0 saturated heterocycles. The predicted molar refractivity (Wildman–Crippen MR) is 59.0 cm³/mol. The van der Waals surface area contributed by atoms with Gasteiger partial charge in [-0.25, -0.2) is 0 Å². The number of nitrogens with two attached hydrogens (primary N) is 1. The molecule has 0 spiro atoms. The van der Waals surface area contributed by atoms with Crippen LogP contribution in [0.4, 0.5) is 0 Å². The van der Waals surface area contributed by atoms with E-state index in [4.69, 9.17) is 5.73 Å². The van der Waals surface area contributed by atoms with Crippen LogP contribution in [0.2, 0.25) is 0 Å². The van der Waals surface area contributed by atoms with Crippen molar-refractivity contribution in [3.05, 3.63) is 33.8 Å². The molecule has 1 aromatic carbocycles. The summed E-state index contributed by atoms with van der Waals surface area (Å²) < 4.78 is 1.02. The van der Waals surface area contributed by atoms with E-state index in [0.29, 0.717) is 0 Å². The number of amides is 1. The Labute approximate surface area is 91.6 Å². The summed E-state index contributed by atoms with van der Waals surface area (Å²) in [5.74, 6) is -0.291. The van der Waals surface area contributed by atoms with Crippen molar-refractivity contribution in [3.63, 3.8) is 0 Å². The third-order valence-electron chi connectivity index (χ3n) is 2.77. The fourth-order valence-corrected chi connectivity index (χ4v) is 2.44. The SMILES string of the molecule is NC(=O)C1CCCc2ccc(Br)cc21. The highest BCUT2D eigenvalue weighted by Gasteiger charge is 2.24. The molecular formula is C11H12BrNO. The summed E-state index contributed by atoms with van der Waals surface area (Å²) in [6.45, 7) is 0. The van der Waals surface area contributed by atoms with Gasteiger partial charge in [0, 0.05) is 4.47 Å². The molecule has 2 N–H and O–H groups in total. The number of carbonyl (C=O) groups is 1. The van der Waals surface area contributed by atoms with Crippen LogP contribution < -0.4 is 5.73 Å². The fraction of sp³-hybridized carbons (Fsp3) is 0.364. The lowest BCUT2D eigenvalue weighted by molar-refractivity contribution is -0.119. The molecule has 0 bridgehead atoms. The third-order valence-corrected chi connectivity index (χ3v) is 3.26. The van der Waals surface area contributed by atoms with Crippen molar-refractivity contribution in [1.82, 2.24) is 0 Å². The molecule has 1 amide bonds. The maximum Gasteiger partial charge on any atom is 0.224 e. The predicted octanol–water partition coefficient (Wildman–Crippen LogP) is 2.35. The first-order valence-corrected chi connectivity index (χ1v) is 5.55. The first kappa shape index (κ1) is 9.71. The molecule has 14 heavy (non-hydrogen) atoms.